The van der Waals surface area contributed by atoms with Crippen molar-refractivity contribution >= 4 is 18.0 Å². The summed E-state index contributed by atoms with van der Waals surface area (Å²) in [7, 11) is 0. The first-order valence-corrected chi connectivity index (χ1v) is 8.91. The number of ether oxygens (including phenoxy) is 3. The monoisotopic (exact) mass is 373 g/mol. The van der Waals surface area contributed by atoms with Crippen LogP contribution in [0, 0.1) is 5.92 Å². The topological polar surface area (TPSA) is 102 Å². The van der Waals surface area contributed by atoms with Gasteiger partial charge in [-0.05, 0) is 40.0 Å². The smallest absolute Gasteiger partial charge is 0.411 e. The van der Waals surface area contributed by atoms with E-state index in [1.807, 2.05) is 0 Å². The summed E-state index contributed by atoms with van der Waals surface area (Å²) in [5.41, 5.74) is -2.64. The number of nitrogens with zero attached hydrogens (tertiary/aromatic N) is 1. The Labute approximate surface area is 154 Å². The van der Waals surface area contributed by atoms with E-state index in [4.69, 9.17) is 14.2 Å². The third-order valence-corrected chi connectivity index (χ3v) is 4.13. The van der Waals surface area contributed by atoms with Crippen molar-refractivity contribution in [2.24, 2.45) is 5.92 Å². The summed E-state index contributed by atoms with van der Waals surface area (Å²) >= 11 is 0. The fourth-order valence-corrected chi connectivity index (χ4v) is 3.26. The van der Waals surface area contributed by atoms with Gasteiger partial charge in [-0.3, -0.25) is 9.69 Å². The molecule has 0 aromatic rings. The van der Waals surface area contributed by atoms with Gasteiger partial charge in [0, 0.05) is 13.5 Å². The molecule has 3 atom stereocenters. The van der Waals surface area contributed by atoms with Crippen LogP contribution >= 0.6 is 0 Å². The summed E-state index contributed by atoms with van der Waals surface area (Å²) < 4.78 is 16.0. The van der Waals surface area contributed by atoms with Gasteiger partial charge in [-0.1, -0.05) is 13.8 Å². The van der Waals surface area contributed by atoms with Crippen LogP contribution in [-0.2, 0) is 23.8 Å². The molecule has 0 radical (unpaired) electrons. The highest BCUT2D eigenvalue weighted by atomic mass is 16.6. The van der Waals surface area contributed by atoms with E-state index >= 15 is 0 Å². The molecule has 1 fully saturated rings. The zero-order chi connectivity index (χ0) is 20.3. The van der Waals surface area contributed by atoms with Crippen molar-refractivity contribution in [2.75, 3.05) is 13.2 Å². The lowest BCUT2D eigenvalue weighted by atomic mass is 9.81. The van der Waals surface area contributed by atoms with Crippen LogP contribution in [0.15, 0.2) is 0 Å². The Kier molecular flexibility index (Phi) is 7.04. The number of hydrogen-bond donors (Lipinski definition) is 1. The molecule has 1 N–H and O–H groups in total. The normalized spacial score (nSPS) is 24.3. The number of rotatable bonds is 5. The quantitative estimate of drug-likeness (QED) is 0.580. The van der Waals surface area contributed by atoms with Crippen molar-refractivity contribution in [2.45, 2.75) is 78.2 Å². The Morgan fingerprint density at radius 2 is 1.85 bits per heavy atom. The van der Waals surface area contributed by atoms with Gasteiger partial charge < -0.3 is 19.3 Å². The Bertz CT molecular complexity index is 540. The van der Waals surface area contributed by atoms with E-state index < -0.39 is 41.4 Å². The SMILES string of the molecule is CCOC(=O)[C@@]1([C@@H](OC(C)=O)C(C)C)[C@@H](O)CCN1C(=O)OC(C)(C)C. The number of aliphatic hydroxyl groups excluding tert-OH is 1. The van der Waals surface area contributed by atoms with Crippen molar-refractivity contribution in [1.29, 1.82) is 0 Å². The summed E-state index contributed by atoms with van der Waals surface area (Å²) in [6, 6.07) is 0. The lowest BCUT2D eigenvalue weighted by molar-refractivity contribution is -0.184. The second-order valence-electron chi connectivity index (χ2n) is 7.76. The first-order chi connectivity index (χ1) is 11.9. The van der Waals surface area contributed by atoms with Crippen LogP contribution in [0.2, 0.25) is 0 Å². The third kappa shape index (κ3) is 4.47. The molecule has 1 aliphatic heterocycles. The molecule has 1 saturated heterocycles. The van der Waals surface area contributed by atoms with Gasteiger partial charge in [-0.15, -0.1) is 0 Å². The Morgan fingerprint density at radius 3 is 2.27 bits per heavy atom. The lowest BCUT2D eigenvalue weighted by Gasteiger charge is -2.44. The number of aliphatic hydroxyl groups is 1. The highest BCUT2D eigenvalue weighted by molar-refractivity contribution is 5.89. The number of amides is 1. The van der Waals surface area contributed by atoms with Crippen LogP contribution in [-0.4, -0.2) is 64.5 Å². The van der Waals surface area contributed by atoms with Crippen LogP contribution in [0.3, 0.4) is 0 Å². The van der Waals surface area contributed by atoms with Gasteiger partial charge in [-0.2, -0.15) is 0 Å². The molecule has 1 heterocycles. The molecular weight excluding hydrogens is 342 g/mol. The van der Waals surface area contributed by atoms with E-state index in [1.54, 1.807) is 41.5 Å². The molecule has 1 rings (SSSR count). The minimum absolute atomic E-state index is 0.0559. The average Bonchev–Trinajstić information content (AvgIpc) is 2.81. The van der Waals surface area contributed by atoms with Crippen LogP contribution in [0.1, 0.15) is 54.9 Å². The van der Waals surface area contributed by atoms with Gasteiger partial charge in [-0.25, -0.2) is 9.59 Å². The second-order valence-corrected chi connectivity index (χ2v) is 7.76. The van der Waals surface area contributed by atoms with E-state index in [9.17, 15) is 19.5 Å². The maximum atomic E-state index is 13.0. The van der Waals surface area contributed by atoms with Crippen molar-refractivity contribution in [1.82, 2.24) is 4.90 Å². The van der Waals surface area contributed by atoms with E-state index in [1.165, 1.54) is 6.92 Å². The molecule has 8 nitrogen and oxygen atoms in total. The molecule has 0 aromatic heterocycles. The summed E-state index contributed by atoms with van der Waals surface area (Å²) in [5.74, 6) is -1.78. The Morgan fingerprint density at radius 1 is 1.27 bits per heavy atom. The highest BCUT2D eigenvalue weighted by Crippen LogP contribution is 2.40. The standard InChI is InChI=1S/C18H31NO7/c1-8-24-15(22)18(14(11(2)3)25-12(4)20)13(21)9-10-19(18)16(23)26-17(5,6)7/h11,13-14,21H,8-10H2,1-7H3/t13-,14-,18-/m0/s1. The van der Waals surface area contributed by atoms with Crippen LogP contribution < -0.4 is 0 Å². The first kappa shape index (κ1) is 22.2. The van der Waals surface area contributed by atoms with Crippen molar-refractivity contribution in [3.05, 3.63) is 0 Å². The molecule has 0 bridgehead atoms. The molecule has 1 aliphatic rings. The highest BCUT2D eigenvalue weighted by Gasteiger charge is 2.65. The zero-order valence-electron chi connectivity index (χ0n) is 16.7. The molecule has 150 valence electrons. The number of esters is 2. The molecule has 1 amide bonds. The molecule has 0 unspecified atom stereocenters. The lowest BCUT2D eigenvalue weighted by Crippen LogP contribution is -2.68. The maximum Gasteiger partial charge on any atom is 0.411 e. The van der Waals surface area contributed by atoms with E-state index in [2.05, 4.69) is 0 Å². The molecule has 26 heavy (non-hydrogen) atoms. The molecule has 8 heteroatoms. The third-order valence-electron chi connectivity index (χ3n) is 4.13. The van der Waals surface area contributed by atoms with Crippen molar-refractivity contribution < 1.29 is 33.7 Å². The second kappa shape index (κ2) is 8.24. The fourth-order valence-electron chi connectivity index (χ4n) is 3.26. The number of carbonyl (C=O) groups excluding carboxylic acids is 3. The number of hydrogen-bond acceptors (Lipinski definition) is 7. The van der Waals surface area contributed by atoms with Gasteiger partial charge in [0.15, 0.2) is 0 Å². The molecule has 0 aromatic carbocycles. The van der Waals surface area contributed by atoms with E-state index in [-0.39, 0.29) is 25.5 Å². The van der Waals surface area contributed by atoms with E-state index in [0.29, 0.717) is 0 Å². The summed E-state index contributed by atoms with van der Waals surface area (Å²) in [4.78, 5) is 38.6. The van der Waals surface area contributed by atoms with Crippen molar-refractivity contribution in [3.63, 3.8) is 0 Å². The van der Waals surface area contributed by atoms with Gasteiger partial charge >= 0.3 is 18.0 Å². The molecule has 0 spiro atoms. The van der Waals surface area contributed by atoms with Crippen LogP contribution in [0.5, 0.6) is 0 Å². The predicted molar refractivity (Wildman–Crippen MR) is 93.3 cm³/mol. The minimum atomic E-state index is -1.85. The van der Waals surface area contributed by atoms with Gasteiger partial charge in [0.25, 0.3) is 0 Å². The Balaban J connectivity index is 3.49. The summed E-state index contributed by atoms with van der Waals surface area (Å²) in [5, 5.41) is 10.7. The summed E-state index contributed by atoms with van der Waals surface area (Å²) in [6.07, 6.45) is -2.95. The molecular formula is C18H31NO7. The average molecular weight is 373 g/mol. The Hall–Kier alpha value is -1.83. The van der Waals surface area contributed by atoms with E-state index in [0.717, 1.165) is 4.90 Å². The molecule has 0 saturated carbocycles. The largest absolute Gasteiger partial charge is 0.464 e. The van der Waals surface area contributed by atoms with Gasteiger partial charge in [0.05, 0.1) is 12.7 Å². The van der Waals surface area contributed by atoms with Crippen LogP contribution in [0.4, 0.5) is 4.79 Å². The number of likely N-dealkylation sites (tertiary alicyclic amines) is 1. The van der Waals surface area contributed by atoms with Gasteiger partial charge in [0.2, 0.25) is 5.54 Å². The van der Waals surface area contributed by atoms with Gasteiger partial charge in [0.1, 0.15) is 11.7 Å². The fraction of sp³-hybridized carbons (Fsp3) is 0.833. The first-order valence-electron chi connectivity index (χ1n) is 8.91. The molecule has 0 aliphatic carbocycles. The van der Waals surface area contributed by atoms with Crippen molar-refractivity contribution in [3.8, 4) is 0 Å². The maximum absolute atomic E-state index is 13.0. The summed E-state index contributed by atoms with van der Waals surface area (Å²) in [6.45, 7) is 11.6. The van der Waals surface area contributed by atoms with Crippen LogP contribution in [0.25, 0.3) is 0 Å². The zero-order valence-corrected chi connectivity index (χ0v) is 16.7. The minimum Gasteiger partial charge on any atom is -0.464 e. The number of carbonyl (C=O) groups is 3. The predicted octanol–water partition coefficient (Wildman–Crippen LogP) is 1.88.